The molecule has 0 amide bonds. The monoisotopic (exact) mass is 294 g/mol. The third kappa shape index (κ3) is 2.01. The lowest BCUT2D eigenvalue weighted by atomic mass is 10.0. The van der Waals surface area contributed by atoms with Gasteiger partial charge in [-0.15, -0.1) is 0 Å². The molecule has 0 N–H and O–H groups in total. The Balaban J connectivity index is 1.75. The summed E-state index contributed by atoms with van der Waals surface area (Å²) in [6, 6.07) is 25.4. The fourth-order valence-electron chi connectivity index (χ4n) is 3.21. The summed E-state index contributed by atoms with van der Waals surface area (Å²) in [6.45, 7) is 0. The number of benzene rings is 4. The van der Waals surface area contributed by atoms with Crippen LogP contribution in [0.3, 0.4) is 0 Å². The van der Waals surface area contributed by atoms with Gasteiger partial charge in [-0.25, -0.2) is 0 Å². The van der Waals surface area contributed by atoms with Crippen LogP contribution in [0.4, 0.5) is 0 Å². The molecule has 0 bridgehead atoms. The van der Waals surface area contributed by atoms with Crippen LogP contribution in [0, 0.1) is 0 Å². The van der Waals surface area contributed by atoms with E-state index in [0.717, 1.165) is 22.6 Å². The van der Waals surface area contributed by atoms with Crippen molar-refractivity contribution in [3.63, 3.8) is 0 Å². The van der Waals surface area contributed by atoms with Gasteiger partial charge in [0.1, 0.15) is 11.5 Å². The molecule has 5 rings (SSSR count). The highest BCUT2D eigenvalue weighted by Gasteiger charge is 2.12. The Bertz CT molecular complexity index is 1000. The van der Waals surface area contributed by atoms with Crippen LogP contribution in [0.25, 0.3) is 33.7 Å². The molecule has 4 aromatic rings. The minimum absolute atomic E-state index is 0.911. The maximum Gasteiger partial charge on any atom is 0.135 e. The van der Waals surface area contributed by atoms with Crippen molar-refractivity contribution in [3.8, 4) is 11.5 Å². The second-order valence-electron chi connectivity index (χ2n) is 5.91. The van der Waals surface area contributed by atoms with E-state index in [-0.39, 0.29) is 0 Å². The van der Waals surface area contributed by atoms with Gasteiger partial charge in [-0.1, -0.05) is 60.7 Å². The molecule has 1 heterocycles. The Labute approximate surface area is 134 Å². The van der Waals surface area contributed by atoms with Gasteiger partial charge in [0.2, 0.25) is 0 Å². The number of hydrogen-bond donors (Lipinski definition) is 0. The van der Waals surface area contributed by atoms with Crippen LogP contribution >= 0.6 is 0 Å². The molecule has 0 spiro atoms. The first-order valence-electron chi connectivity index (χ1n) is 7.78. The zero-order valence-electron chi connectivity index (χ0n) is 12.5. The predicted octanol–water partition coefficient (Wildman–Crippen LogP) is 6.27. The smallest absolute Gasteiger partial charge is 0.135 e. The van der Waals surface area contributed by atoms with Gasteiger partial charge in [0.05, 0.1) is 0 Å². The maximum absolute atomic E-state index is 6.26. The summed E-state index contributed by atoms with van der Waals surface area (Å²) >= 11 is 0. The summed E-state index contributed by atoms with van der Waals surface area (Å²) in [5, 5.41) is 4.86. The van der Waals surface area contributed by atoms with E-state index in [4.69, 9.17) is 4.74 Å². The summed E-state index contributed by atoms with van der Waals surface area (Å²) < 4.78 is 6.26. The number of fused-ring (bicyclic) bond motifs is 4. The second kappa shape index (κ2) is 4.72. The molecule has 108 valence electrons. The molecular formula is C22H14O. The average Bonchev–Trinajstić information content (AvgIpc) is 2.76. The van der Waals surface area contributed by atoms with Gasteiger partial charge in [-0.3, -0.25) is 0 Å². The Morgan fingerprint density at radius 3 is 1.30 bits per heavy atom. The first kappa shape index (κ1) is 12.5. The quantitative estimate of drug-likeness (QED) is 0.327. The summed E-state index contributed by atoms with van der Waals surface area (Å²) in [5.74, 6) is 1.82. The molecule has 0 radical (unpaired) electrons. The molecule has 1 heteroatoms. The van der Waals surface area contributed by atoms with Crippen LogP contribution in [0.2, 0.25) is 0 Å². The predicted molar refractivity (Wildman–Crippen MR) is 96.9 cm³/mol. The zero-order valence-corrected chi connectivity index (χ0v) is 12.5. The van der Waals surface area contributed by atoms with Gasteiger partial charge in [0.15, 0.2) is 0 Å². The number of ether oxygens (including phenoxy) is 1. The van der Waals surface area contributed by atoms with Gasteiger partial charge in [0.25, 0.3) is 0 Å². The number of rotatable bonds is 0. The van der Waals surface area contributed by atoms with E-state index in [1.165, 1.54) is 21.5 Å². The molecule has 1 nitrogen and oxygen atoms in total. The minimum atomic E-state index is 0.911. The van der Waals surface area contributed by atoms with Crippen molar-refractivity contribution in [2.24, 2.45) is 0 Å². The van der Waals surface area contributed by atoms with Crippen LogP contribution in [0.1, 0.15) is 11.1 Å². The molecular weight excluding hydrogens is 280 g/mol. The highest BCUT2D eigenvalue weighted by molar-refractivity contribution is 5.93. The molecule has 0 saturated heterocycles. The lowest BCUT2D eigenvalue weighted by Crippen LogP contribution is -1.89. The van der Waals surface area contributed by atoms with Gasteiger partial charge < -0.3 is 4.74 Å². The van der Waals surface area contributed by atoms with Crippen molar-refractivity contribution in [2.75, 3.05) is 0 Å². The van der Waals surface area contributed by atoms with Gasteiger partial charge in [-0.05, 0) is 45.8 Å². The SMILES string of the molecule is C1=Cc2cc3ccccc3cc2Oc2cc3ccccc3cc21. The lowest BCUT2D eigenvalue weighted by Gasteiger charge is -2.11. The third-order valence-electron chi connectivity index (χ3n) is 4.42. The van der Waals surface area contributed by atoms with E-state index in [1.807, 2.05) is 0 Å². The lowest BCUT2D eigenvalue weighted by molar-refractivity contribution is 0.483. The molecule has 0 atom stereocenters. The molecule has 1 aliphatic rings. The number of hydrogen-bond acceptors (Lipinski definition) is 1. The largest absolute Gasteiger partial charge is 0.456 e. The normalized spacial score (nSPS) is 12.5. The Hall–Kier alpha value is -3.06. The van der Waals surface area contributed by atoms with E-state index in [1.54, 1.807) is 0 Å². The van der Waals surface area contributed by atoms with E-state index in [9.17, 15) is 0 Å². The molecule has 1 aliphatic heterocycles. The Morgan fingerprint density at radius 2 is 0.870 bits per heavy atom. The summed E-state index contributed by atoms with van der Waals surface area (Å²) in [6.07, 6.45) is 4.28. The molecule has 0 unspecified atom stereocenters. The summed E-state index contributed by atoms with van der Waals surface area (Å²) in [7, 11) is 0. The zero-order chi connectivity index (χ0) is 15.2. The van der Waals surface area contributed by atoms with Crippen molar-refractivity contribution in [2.45, 2.75) is 0 Å². The fourth-order valence-corrected chi connectivity index (χ4v) is 3.21. The van der Waals surface area contributed by atoms with Crippen LogP contribution in [0.15, 0.2) is 72.8 Å². The van der Waals surface area contributed by atoms with Crippen LogP contribution in [0.5, 0.6) is 11.5 Å². The fraction of sp³-hybridized carbons (Fsp3) is 0. The highest BCUT2D eigenvalue weighted by atomic mass is 16.5. The molecule has 0 aliphatic carbocycles. The van der Waals surface area contributed by atoms with Crippen LogP contribution in [-0.2, 0) is 0 Å². The molecule has 0 aromatic heterocycles. The standard InChI is InChI=1S/C22H14O/c1-3-7-17-13-21-19(11-15(17)5-1)9-10-20-12-16-6-2-4-8-18(16)14-22(20)23-21/h1-14H. The molecule has 4 aromatic carbocycles. The van der Waals surface area contributed by atoms with Crippen molar-refractivity contribution in [1.82, 2.24) is 0 Å². The summed E-state index contributed by atoms with van der Waals surface area (Å²) in [4.78, 5) is 0. The first-order chi connectivity index (χ1) is 11.4. The van der Waals surface area contributed by atoms with Crippen LogP contribution in [-0.4, -0.2) is 0 Å². The van der Waals surface area contributed by atoms with Gasteiger partial charge >= 0.3 is 0 Å². The van der Waals surface area contributed by atoms with E-state index >= 15 is 0 Å². The minimum Gasteiger partial charge on any atom is -0.456 e. The van der Waals surface area contributed by atoms with E-state index in [2.05, 4.69) is 84.9 Å². The average molecular weight is 294 g/mol. The maximum atomic E-state index is 6.26. The van der Waals surface area contributed by atoms with Crippen molar-refractivity contribution in [1.29, 1.82) is 0 Å². The topological polar surface area (TPSA) is 9.23 Å². The Morgan fingerprint density at radius 1 is 0.478 bits per heavy atom. The molecule has 0 saturated carbocycles. The third-order valence-corrected chi connectivity index (χ3v) is 4.42. The van der Waals surface area contributed by atoms with Crippen molar-refractivity contribution in [3.05, 3.63) is 83.9 Å². The molecule has 23 heavy (non-hydrogen) atoms. The van der Waals surface area contributed by atoms with E-state index < -0.39 is 0 Å². The second-order valence-corrected chi connectivity index (χ2v) is 5.91. The summed E-state index contributed by atoms with van der Waals surface area (Å²) in [5.41, 5.74) is 2.23. The van der Waals surface area contributed by atoms with Gasteiger partial charge in [-0.2, -0.15) is 0 Å². The molecule has 0 fully saturated rings. The highest BCUT2D eigenvalue weighted by Crippen LogP contribution is 2.38. The van der Waals surface area contributed by atoms with Gasteiger partial charge in [0, 0.05) is 11.1 Å². The van der Waals surface area contributed by atoms with E-state index in [0.29, 0.717) is 0 Å². The van der Waals surface area contributed by atoms with Crippen molar-refractivity contribution < 1.29 is 4.74 Å². The van der Waals surface area contributed by atoms with Crippen LogP contribution < -0.4 is 4.74 Å². The van der Waals surface area contributed by atoms with Crippen molar-refractivity contribution >= 4 is 33.7 Å². The Kier molecular flexibility index (Phi) is 2.56. The first-order valence-corrected chi connectivity index (χ1v) is 7.78.